The Morgan fingerprint density at radius 1 is 0.944 bits per heavy atom. The van der Waals surface area contributed by atoms with Crippen LogP contribution < -0.4 is 15.5 Å². The molecule has 3 rings (SSSR count). The largest absolute Gasteiger partial charge is 0.450 e. The first-order valence-corrected chi connectivity index (χ1v) is 10.6. The van der Waals surface area contributed by atoms with E-state index in [1.165, 1.54) is 18.2 Å². The Balaban J connectivity index is 1.64. The van der Waals surface area contributed by atoms with Crippen molar-refractivity contribution in [2.24, 2.45) is 5.10 Å². The van der Waals surface area contributed by atoms with E-state index in [0.29, 0.717) is 22.0 Å². The highest BCUT2D eigenvalue weighted by Crippen LogP contribution is 2.34. The number of nitrogens with one attached hydrogen (secondary N) is 2. The van der Waals surface area contributed by atoms with Gasteiger partial charge in [0.1, 0.15) is 5.75 Å². The Morgan fingerprint density at radius 2 is 1.64 bits per heavy atom. The molecule has 36 heavy (non-hydrogen) atoms. The molecule has 12 nitrogen and oxygen atoms in total. The summed E-state index contributed by atoms with van der Waals surface area (Å²) in [4.78, 5) is 44.7. The fraction of sp³-hybridized carbons (Fsp3) is 0.0870. The van der Waals surface area contributed by atoms with E-state index in [2.05, 4.69) is 15.8 Å². The lowest BCUT2D eigenvalue weighted by atomic mass is 10.1. The van der Waals surface area contributed by atoms with E-state index in [-0.39, 0.29) is 11.5 Å². The second-order valence-corrected chi connectivity index (χ2v) is 7.76. The van der Waals surface area contributed by atoms with Gasteiger partial charge in [-0.25, -0.2) is 5.43 Å². The lowest BCUT2D eigenvalue weighted by Crippen LogP contribution is -2.32. The normalized spacial score (nSPS) is 10.9. The highest BCUT2D eigenvalue weighted by Gasteiger charge is 2.21. The number of hydrazone groups is 1. The zero-order valence-electron chi connectivity index (χ0n) is 18.9. The predicted octanol–water partition coefficient (Wildman–Crippen LogP) is 4.74. The van der Waals surface area contributed by atoms with Crippen LogP contribution in [-0.2, 0) is 9.59 Å². The van der Waals surface area contributed by atoms with Gasteiger partial charge in [-0.2, -0.15) is 5.10 Å². The zero-order valence-corrected chi connectivity index (χ0v) is 19.6. The molecule has 184 valence electrons. The van der Waals surface area contributed by atoms with Crippen LogP contribution in [-0.4, -0.2) is 27.4 Å². The first-order valence-electron chi connectivity index (χ1n) is 10.2. The van der Waals surface area contributed by atoms with Crippen molar-refractivity contribution in [3.05, 3.63) is 97.0 Å². The molecule has 13 heteroatoms. The number of benzene rings is 3. The summed E-state index contributed by atoms with van der Waals surface area (Å²) >= 11 is 6.01. The second kappa shape index (κ2) is 11.1. The lowest BCUT2D eigenvalue weighted by Gasteiger charge is -2.08. The van der Waals surface area contributed by atoms with Crippen LogP contribution in [0.15, 0.2) is 65.8 Å². The lowest BCUT2D eigenvalue weighted by molar-refractivity contribution is -0.394. The number of hydrogen-bond donors (Lipinski definition) is 2. The van der Waals surface area contributed by atoms with Crippen molar-refractivity contribution in [1.82, 2.24) is 5.43 Å². The number of hydrogen-bond acceptors (Lipinski definition) is 8. The molecular weight excluding hydrogens is 494 g/mol. The van der Waals surface area contributed by atoms with E-state index in [0.717, 1.165) is 23.8 Å². The number of nitrogens with zero attached hydrogens (tertiary/aromatic N) is 3. The number of carbonyl (C=O) groups is 2. The van der Waals surface area contributed by atoms with Gasteiger partial charge in [0, 0.05) is 16.8 Å². The molecule has 0 atom stereocenters. The summed E-state index contributed by atoms with van der Waals surface area (Å²) in [6, 6.07) is 14.0. The standard InChI is InChI=1S/C23H18ClN5O7/c1-13-3-6-16(11-19(13)24)25-22(30)23(31)27-26-14(2)15-4-8-18(9-5-15)36-21-10-7-17(28(32)33)12-20(21)29(34)35/h3-12H,1-2H3,(H,25,30)(H,27,31)/b26-14+. The molecule has 3 aromatic carbocycles. The molecule has 2 amide bonds. The fourth-order valence-electron chi connectivity index (χ4n) is 2.85. The number of amides is 2. The summed E-state index contributed by atoms with van der Waals surface area (Å²) < 4.78 is 5.51. The van der Waals surface area contributed by atoms with Gasteiger partial charge >= 0.3 is 17.5 Å². The van der Waals surface area contributed by atoms with Crippen molar-refractivity contribution < 1.29 is 24.2 Å². The van der Waals surface area contributed by atoms with Gasteiger partial charge in [-0.05, 0) is 67.4 Å². The average Bonchev–Trinajstić information content (AvgIpc) is 2.85. The van der Waals surface area contributed by atoms with Crippen molar-refractivity contribution in [3.8, 4) is 11.5 Å². The van der Waals surface area contributed by atoms with Gasteiger partial charge < -0.3 is 10.1 Å². The molecule has 0 bridgehead atoms. The third-order valence-electron chi connectivity index (χ3n) is 4.81. The number of nitro benzene ring substituents is 2. The van der Waals surface area contributed by atoms with Gasteiger partial charge in [0.05, 0.1) is 21.6 Å². The molecule has 0 aromatic heterocycles. The summed E-state index contributed by atoms with van der Waals surface area (Å²) in [5.41, 5.74) is 3.27. The van der Waals surface area contributed by atoms with E-state index >= 15 is 0 Å². The maximum Gasteiger partial charge on any atom is 0.329 e. The van der Waals surface area contributed by atoms with Crippen molar-refractivity contribution in [2.75, 3.05) is 5.32 Å². The summed E-state index contributed by atoms with van der Waals surface area (Å²) in [5, 5.41) is 28.9. The van der Waals surface area contributed by atoms with Crippen molar-refractivity contribution in [3.63, 3.8) is 0 Å². The Hall–Kier alpha value is -4.84. The summed E-state index contributed by atoms with van der Waals surface area (Å²) in [5.74, 6) is -1.86. The maximum atomic E-state index is 12.1. The monoisotopic (exact) mass is 511 g/mol. The van der Waals surface area contributed by atoms with Gasteiger partial charge in [0.2, 0.25) is 5.75 Å². The van der Waals surface area contributed by atoms with Crippen LogP contribution in [0.5, 0.6) is 11.5 Å². The van der Waals surface area contributed by atoms with Crippen LogP contribution in [0.25, 0.3) is 0 Å². The average molecular weight is 512 g/mol. The maximum absolute atomic E-state index is 12.1. The number of non-ortho nitro benzene ring substituents is 1. The van der Waals surface area contributed by atoms with Crippen LogP contribution in [0, 0.1) is 27.2 Å². The molecular formula is C23H18ClN5O7. The number of nitro groups is 2. The van der Waals surface area contributed by atoms with Crippen LogP contribution in [0.1, 0.15) is 18.1 Å². The van der Waals surface area contributed by atoms with Gasteiger partial charge in [0.25, 0.3) is 5.69 Å². The van der Waals surface area contributed by atoms with E-state index in [1.807, 2.05) is 0 Å². The van der Waals surface area contributed by atoms with Gasteiger partial charge in [-0.3, -0.25) is 29.8 Å². The van der Waals surface area contributed by atoms with Crippen LogP contribution in [0.2, 0.25) is 5.02 Å². The summed E-state index contributed by atoms with van der Waals surface area (Å²) in [6.07, 6.45) is 0. The predicted molar refractivity (Wildman–Crippen MR) is 131 cm³/mol. The van der Waals surface area contributed by atoms with E-state index in [1.54, 1.807) is 38.1 Å². The van der Waals surface area contributed by atoms with Gasteiger partial charge in [0.15, 0.2) is 0 Å². The molecule has 0 aliphatic heterocycles. The fourth-order valence-corrected chi connectivity index (χ4v) is 3.03. The number of halogens is 1. The zero-order chi connectivity index (χ0) is 26.4. The van der Waals surface area contributed by atoms with Crippen molar-refractivity contribution >= 4 is 46.2 Å². The van der Waals surface area contributed by atoms with E-state index in [9.17, 15) is 29.8 Å². The SMILES string of the molecule is C/C(=N\NC(=O)C(=O)Nc1ccc(C)c(Cl)c1)c1ccc(Oc2ccc([N+](=O)[O-])cc2[N+](=O)[O-])cc1. The molecule has 0 fully saturated rings. The molecule has 0 saturated carbocycles. The molecule has 0 radical (unpaired) electrons. The molecule has 0 heterocycles. The third-order valence-corrected chi connectivity index (χ3v) is 5.22. The minimum atomic E-state index is -0.989. The number of aryl methyl sites for hydroxylation is 1. The third kappa shape index (κ3) is 6.39. The Bertz CT molecular complexity index is 1390. The highest BCUT2D eigenvalue weighted by molar-refractivity contribution is 6.40. The van der Waals surface area contributed by atoms with Gasteiger partial charge in [-0.1, -0.05) is 17.7 Å². The van der Waals surface area contributed by atoms with Crippen LogP contribution in [0.4, 0.5) is 17.1 Å². The van der Waals surface area contributed by atoms with E-state index in [4.69, 9.17) is 16.3 Å². The first kappa shape index (κ1) is 25.8. The van der Waals surface area contributed by atoms with Gasteiger partial charge in [-0.15, -0.1) is 0 Å². The summed E-state index contributed by atoms with van der Waals surface area (Å²) in [6.45, 7) is 3.39. The number of carbonyl (C=O) groups excluding carboxylic acids is 2. The highest BCUT2D eigenvalue weighted by atomic mass is 35.5. The molecule has 0 aliphatic carbocycles. The quantitative estimate of drug-likeness (QED) is 0.200. The molecule has 2 N–H and O–H groups in total. The van der Waals surface area contributed by atoms with E-state index < -0.39 is 33.0 Å². The Labute approximate surface area is 208 Å². The number of ether oxygens (including phenoxy) is 1. The minimum absolute atomic E-state index is 0.170. The minimum Gasteiger partial charge on any atom is -0.450 e. The molecule has 3 aromatic rings. The topological polar surface area (TPSA) is 166 Å². The van der Waals surface area contributed by atoms with Crippen molar-refractivity contribution in [1.29, 1.82) is 0 Å². The Kier molecular flexibility index (Phi) is 7.92. The van der Waals surface area contributed by atoms with Crippen molar-refractivity contribution in [2.45, 2.75) is 13.8 Å². The summed E-state index contributed by atoms with van der Waals surface area (Å²) in [7, 11) is 0. The second-order valence-electron chi connectivity index (χ2n) is 7.35. The van der Waals surface area contributed by atoms with Crippen LogP contribution >= 0.6 is 11.6 Å². The van der Waals surface area contributed by atoms with Crippen LogP contribution in [0.3, 0.4) is 0 Å². The molecule has 0 unspecified atom stereocenters. The first-order chi connectivity index (χ1) is 17.0. The molecule has 0 saturated heterocycles. The number of anilines is 1. The molecule has 0 aliphatic rings. The Morgan fingerprint density at radius 3 is 2.25 bits per heavy atom. The number of rotatable bonds is 7. The smallest absolute Gasteiger partial charge is 0.329 e. The molecule has 0 spiro atoms.